The van der Waals surface area contributed by atoms with Crippen molar-refractivity contribution >= 4 is 29.3 Å². The fourth-order valence-electron chi connectivity index (χ4n) is 1.79. The van der Waals surface area contributed by atoms with Crippen molar-refractivity contribution in [2.45, 2.75) is 6.92 Å². The van der Waals surface area contributed by atoms with Crippen LogP contribution in [0.1, 0.15) is 12.7 Å². The fraction of sp³-hybridized carbons (Fsp3) is 0.133. The molecular weight excluding hydrogens is 310 g/mol. The zero-order valence-electron chi connectivity index (χ0n) is 11.6. The number of nitro benzene ring substituents is 1. The first kappa shape index (κ1) is 15.8. The number of benzene rings is 1. The highest BCUT2D eigenvalue weighted by Crippen LogP contribution is 2.33. The molecule has 0 amide bonds. The highest BCUT2D eigenvalue weighted by atomic mass is 35.5. The second kappa shape index (κ2) is 6.91. The molecule has 1 aromatic heterocycles. The molecule has 7 heteroatoms. The number of furan rings is 1. The molecule has 1 aromatic carbocycles. The predicted molar refractivity (Wildman–Crippen MR) is 81.5 cm³/mol. The molecule has 0 spiro atoms. The van der Waals surface area contributed by atoms with Gasteiger partial charge in [0.25, 0.3) is 5.69 Å². The molecule has 114 valence electrons. The summed E-state index contributed by atoms with van der Waals surface area (Å²) >= 11 is 5.77. The number of nitro groups is 1. The highest BCUT2D eigenvalue weighted by molar-refractivity contribution is 6.30. The third kappa shape index (κ3) is 3.73. The molecule has 0 bridgehead atoms. The summed E-state index contributed by atoms with van der Waals surface area (Å²) in [5, 5.41) is 11.3. The van der Waals surface area contributed by atoms with Gasteiger partial charge in [-0.05, 0) is 37.3 Å². The van der Waals surface area contributed by atoms with Crippen molar-refractivity contribution in [2.24, 2.45) is 0 Å². The average Bonchev–Trinajstić information content (AvgIpc) is 2.94. The molecule has 0 aliphatic heterocycles. The van der Waals surface area contributed by atoms with E-state index in [1.807, 2.05) is 0 Å². The van der Waals surface area contributed by atoms with Gasteiger partial charge in [0.2, 0.25) is 0 Å². The van der Waals surface area contributed by atoms with Gasteiger partial charge in [0, 0.05) is 17.2 Å². The molecule has 0 aliphatic rings. The minimum atomic E-state index is -0.530. The molecule has 0 saturated heterocycles. The molecule has 2 rings (SSSR count). The SMILES string of the molecule is CCOC(=O)/C=C/c1ccc(-c2ccc(Cl)cc2[N+](=O)[O-])o1. The minimum Gasteiger partial charge on any atom is -0.463 e. The Bertz CT molecular complexity index is 735. The molecule has 0 radical (unpaired) electrons. The number of ether oxygens (including phenoxy) is 1. The van der Waals surface area contributed by atoms with Crippen LogP contribution in [0, 0.1) is 10.1 Å². The first-order valence-corrected chi connectivity index (χ1v) is 6.78. The second-order valence-electron chi connectivity index (χ2n) is 4.21. The predicted octanol–water partition coefficient (Wildman–Crippen LogP) is 4.08. The molecule has 0 aliphatic carbocycles. The van der Waals surface area contributed by atoms with Gasteiger partial charge in [-0.2, -0.15) is 0 Å². The number of esters is 1. The van der Waals surface area contributed by atoms with E-state index >= 15 is 0 Å². The lowest BCUT2D eigenvalue weighted by Crippen LogP contribution is -1.98. The van der Waals surface area contributed by atoms with Crippen LogP contribution in [0.4, 0.5) is 5.69 Å². The summed E-state index contributed by atoms with van der Waals surface area (Å²) in [7, 11) is 0. The maximum atomic E-state index is 11.2. The van der Waals surface area contributed by atoms with E-state index in [1.54, 1.807) is 25.1 Å². The Morgan fingerprint density at radius 2 is 2.18 bits per heavy atom. The summed E-state index contributed by atoms with van der Waals surface area (Å²) < 4.78 is 10.2. The second-order valence-corrected chi connectivity index (χ2v) is 4.64. The highest BCUT2D eigenvalue weighted by Gasteiger charge is 2.18. The third-order valence-corrected chi connectivity index (χ3v) is 2.95. The molecule has 1 heterocycles. The maximum Gasteiger partial charge on any atom is 0.330 e. The number of nitrogens with zero attached hydrogens (tertiary/aromatic N) is 1. The Kier molecular flexibility index (Phi) is 4.95. The average molecular weight is 322 g/mol. The Labute approximate surface area is 131 Å². The quantitative estimate of drug-likeness (QED) is 0.358. The number of hydrogen-bond acceptors (Lipinski definition) is 5. The Balaban J connectivity index is 2.29. The van der Waals surface area contributed by atoms with Gasteiger partial charge in [-0.1, -0.05) is 11.6 Å². The summed E-state index contributed by atoms with van der Waals surface area (Å²) in [6.07, 6.45) is 2.66. The number of hydrogen-bond donors (Lipinski definition) is 0. The monoisotopic (exact) mass is 321 g/mol. The van der Waals surface area contributed by atoms with Crippen molar-refractivity contribution in [1.82, 2.24) is 0 Å². The molecule has 0 fully saturated rings. The van der Waals surface area contributed by atoms with Crippen molar-refractivity contribution in [2.75, 3.05) is 6.61 Å². The van der Waals surface area contributed by atoms with Crippen molar-refractivity contribution in [3.63, 3.8) is 0 Å². The summed E-state index contributed by atoms with van der Waals surface area (Å²) in [6.45, 7) is 1.99. The van der Waals surface area contributed by atoms with E-state index < -0.39 is 10.9 Å². The smallest absolute Gasteiger partial charge is 0.330 e. The minimum absolute atomic E-state index is 0.150. The summed E-state index contributed by atoms with van der Waals surface area (Å²) in [5.41, 5.74) is 0.160. The first-order chi connectivity index (χ1) is 10.5. The van der Waals surface area contributed by atoms with Crippen LogP contribution in [0.15, 0.2) is 40.8 Å². The van der Waals surface area contributed by atoms with Gasteiger partial charge in [-0.3, -0.25) is 10.1 Å². The summed E-state index contributed by atoms with van der Waals surface area (Å²) in [4.78, 5) is 21.8. The standard InChI is InChI=1S/C15H12ClNO5/c1-2-21-15(18)8-5-11-4-7-14(22-11)12-6-3-10(16)9-13(12)17(19)20/h3-9H,2H2,1H3/b8-5+. The Morgan fingerprint density at radius 3 is 2.86 bits per heavy atom. The van der Waals surface area contributed by atoms with Crippen LogP contribution in [-0.2, 0) is 9.53 Å². The van der Waals surface area contributed by atoms with Gasteiger partial charge >= 0.3 is 5.97 Å². The van der Waals surface area contributed by atoms with E-state index in [-0.39, 0.29) is 17.3 Å². The molecule has 0 saturated carbocycles. The van der Waals surface area contributed by atoms with Gasteiger partial charge in [0.05, 0.1) is 17.1 Å². The first-order valence-electron chi connectivity index (χ1n) is 6.40. The largest absolute Gasteiger partial charge is 0.463 e. The van der Waals surface area contributed by atoms with Crippen molar-refractivity contribution in [1.29, 1.82) is 0 Å². The van der Waals surface area contributed by atoms with Crippen molar-refractivity contribution in [3.8, 4) is 11.3 Å². The number of carbonyl (C=O) groups excluding carboxylic acids is 1. The van der Waals surface area contributed by atoms with Crippen LogP contribution in [0.3, 0.4) is 0 Å². The molecule has 0 N–H and O–H groups in total. The van der Waals surface area contributed by atoms with E-state index in [4.69, 9.17) is 20.8 Å². The fourth-order valence-corrected chi connectivity index (χ4v) is 1.96. The lowest BCUT2D eigenvalue weighted by atomic mass is 10.1. The zero-order valence-corrected chi connectivity index (χ0v) is 12.4. The topological polar surface area (TPSA) is 82.6 Å². The van der Waals surface area contributed by atoms with Gasteiger partial charge in [-0.15, -0.1) is 0 Å². The third-order valence-electron chi connectivity index (χ3n) is 2.72. The van der Waals surface area contributed by atoms with E-state index in [9.17, 15) is 14.9 Å². The summed E-state index contributed by atoms with van der Waals surface area (Å²) in [6, 6.07) is 7.50. The lowest BCUT2D eigenvalue weighted by Gasteiger charge is -2.00. The summed E-state index contributed by atoms with van der Waals surface area (Å²) in [5.74, 6) is 0.206. The van der Waals surface area contributed by atoms with Crippen LogP contribution < -0.4 is 0 Å². The zero-order chi connectivity index (χ0) is 16.1. The maximum absolute atomic E-state index is 11.2. The molecule has 0 atom stereocenters. The van der Waals surface area contributed by atoms with E-state index in [2.05, 4.69) is 0 Å². The van der Waals surface area contributed by atoms with Crippen LogP contribution in [-0.4, -0.2) is 17.5 Å². The normalized spacial score (nSPS) is 10.8. The van der Waals surface area contributed by atoms with E-state index in [0.29, 0.717) is 17.1 Å². The van der Waals surface area contributed by atoms with Gasteiger partial charge in [0.15, 0.2) is 0 Å². The van der Waals surface area contributed by atoms with Crippen LogP contribution in [0.5, 0.6) is 0 Å². The molecule has 22 heavy (non-hydrogen) atoms. The van der Waals surface area contributed by atoms with Crippen LogP contribution >= 0.6 is 11.6 Å². The molecule has 6 nitrogen and oxygen atoms in total. The Morgan fingerprint density at radius 1 is 1.41 bits per heavy atom. The van der Waals surface area contributed by atoms with E-state index in [0.717, 1.165) is 0 Å². The van der Waals surface area contributed by atoms with Crippen LogP contribution in [0.2, 0.25) is 5.02 Å². The van der Waals surface area contributed by atoms with E-state index in [1.165, 1.54) is 24.3 Å². The number of rotatable bonds is 5. The van der Waals surface area contributed by atoms with Gasteiger partial charge in [-0.25, -0.2) is 4.79 Å². The van der Waals surface area contributed by atoms with Gasteiger partial charge < -0.3 is 9.15 Å². The number of carbonyl (C=O) groups is 1. The Hall–Kier alpha value is -2.60. The molecular formula is C15H12ClNO5. The molecule has 0 unspecified atom stereocenters. The number of halogens is 1. The molecule has 2 aromatic rings. The van der Waals surface area contributed by atoms with Crippen molar-refractivity contribution < 1.29 is 18.9 Å². The van der Waals surface area contributed by atoms with Crippen LogP contribution in [0.25, 0.3) is 17.4 Å². The van der Waals surface area contributed by atoms with Crippen molar-refractivity contribution in [3.05, 3.63) is 57.3 Å². The van der Waals surface area contributed by atoms with Gasteiger partial charge in [0.1, 0.15) is 11.5 Å². The lowest BCUT2D eigenvalue weighted by molar-refractivity contribution is -0.384.